The molecule has 0 aliphatic heterocycles. The van der Waals surface area contributed by atoms with Gasteiger partial charge in [0.2, 0.25) is 0 Å². The summed E-state index contributed by atoms with van der Waals surface area (Å²) in [5, 5.41) is 8.53. The molecular weight excluding hydrogens is 146 g/mol. The second kappa shape index (κ2) is 5.71. The molecule has 0 aliphatic carbocycles. The van der Waals surface area contributed by atoms with Crippen LogP contribution in [0, 0.1) is 11.3 Å². The zero-order chi connectivity index (χ0) is 8.69. The summed E-state index contributed by atoms with van der Waals surface area (Å²) in [4.78, 5) is 0. The van der Waals surface area contributed by atoms with E-state index in [1.165, 1.54) is 27.6 Å². The molecule has 11 heavy (non-hydrogen) atoms. The summed E-state index contributed by atoms with van der Waals surface area (Å²) in [6.07, 6.45) is 0.650. The van der Waals surface area contributed by atoms with E-state index in [1.54, 1.807) is 0 Å². The van der Waals surface area contributed by atoms with Gasteiger partial charge in [-0.05, 0) is 0 Å². The molecule has 0 aromatic heterocycles. The second-order valence-corrected chi connectivity index (χ2v) is 1.72. The Morgan fingerprint density at radius 2 is 1.91 bits per heavy atom. The van der Waals surface area contributed by atoms with Crippen LogP contribution in [0.15, 0.2) is 11.8 Å². The molecule has 62 valence electrons. The topological polar surface area (TPSA) is 51.5 Å². The molecule has 0 aromatic carbocycles. The van der Waals surface area contributed by atoms with Gasteiger partial charge in [0.1, 0.15) is 17.9 Å². The lowest BCUT2D eigenvalue weighted by Crippen LogP contribution is -2.15. The summed E-state index contributed by atoms with van der Waals surface area (Å²) in [6.45, 7) is 0. The predicted octanol–water partition coefficient (Wildman–Crippen LogP) is 0.659. The molecule has 4 nitrogen and oxygen atoms in total. The van der Waals surface area contributed by atoms with Crippen LogP contribution >= 0.6 is 0 Å². The maximum Gasteiger partial charge on any atom is 0.196 e. The molecule has 0 aliphatic rings. The highest BCUT2D eigenvalue weighted by molar-refractivity contribution is 5.21. The van der Waals surface area contributed by atoms with E-state index < -0.39 is 6.29 Å². The highest BCUT2D eigenvalue weighted by Crippen LogP contribution is 2.04. The zero-order valence-corrected chi connectivity index (χ0v) is 6.83. The van der Waals surface area contributed by atoms with E-state index >= 15 is 0 Å². The van der Waals surface area contributed by atoms with Crippen LogP contribution in [-0.2, 0) is 14.2 Å². The van der Waals surface area contributed by atoms with Gasteiger partial charge in [-0.15, -0.1) is 0 Å². The molecule has 4 heteroatoms. The Morgan fingerprint density at radius 3 is 2.18 bits per heavy atom. The minimum absolute atomic E-state index is 0.303. The maximum absolute atomic E-state index is 8.53. The number of nitrogens with zero attached hydrogens (tertiary/aromatic N) is 1. The molecular formula is C7H11NO3. The maximum atomic E-state index is 8.53. The van der Waals surface area contributed by atoms with Crippen molar-refractivity contribution in [3.63, 3.8) is 0 Å². The lowest BCUT2D eigenvalue weighted by Gasteiger charge is -2.10. The van der Waals surface area contributed by atoms with Crippen molar-refractivity contribution in [1.29, 1.82) is 5.26 Å². The SMILES string of the molecule is CO/C=C(\C#N)C(OC)OC. The van der Waals surface area contributed by atoms with Crippen molar-refractivity contribution < 1.29 is 14.2 Å². The largest absolute Gasteiger partial charge is 0.503 e. The number of methoxy groups -OCH3 is 3. The molecule has 0 bridgehead atoms. The molecule has 0 rings (SSSR count). The zero-order valence-electron chi connectivity index (χ0n) is 6.83. The van der Waals surface area contributed by atoms with E-state index in [9.17, 15) is 0 Å². The predicted molar refractivity (Wildman–Crippen MR) is 38.5 cm³/mol. The Hall–Kier alpha value is -1.05. The third kappa shape index (κ3) is 3.03. The smallest absolute Gasteiger partial charge is 0.196 e. The van der Waals surface area contributed by atoms with Gasteiger partial charge in [0.05, 0.1) is 7.11 Å². The summed E-state index contributed by atoms with van der Waals surface area (Å²) in [7, 11) is 4.36. The lowest BCUT2D eigenvalue weighted by molar-refractivity contribution is -0.0732. The van der Waals surface area contributed by atoms with Crippen molar-refractivity contribution in [2.24, 2.45) is 0 Å². The van der Waals surface area contributed by atoms with Crippen molar-refractivity contribution in [2.75, 3.05) is 21.3 Å². The minimum Gasteiger partial charge on any atom is -0.503 e. The Balaban J connectivity index is 4.24. The molecule has 0 fully saturated rings. The van der Waals surface area contributed by atoms with Crippen molar-refractivity contribution in [1.82, 2.24) is 0 Å². The van der Waals surface area contributed by atoms with Crippen LogP contribution in [0.2, 0.25) is 0 Å². The Labute approximate surface area is 66.0 Å². The molecule has 0 atom stereocenters. The van der Waals surface area contributed by atoms with Crippen LogP contribution in [0.5, 0.6) is 0 Å². The minimum atomic E-state index is -0.639. The molecule has 0 saturated carbocycles. The van der Waals surface area contributed by atoms with Gasteiger partial charge in [0.25, 0.3) is 0 Å². The van der Waals surface area contributed by atoms with Gasteiger partial charge in [0, 0.05) is 14.2 Å². The number of ether oxygens (including phenoxy) is 3. The first kappa shape index (κ1) is 9.95. The fourth-order valence-electron chi connectivity index (χ4n) is 0.612. The third-order valence-electron chi connectivity index (χ3n) is 1.06. The van der Waals surface area contributed by atoms with Crippen LogP contribution < -0.4 is 0 Å². The van der Waals surface area contributed by atoms with Crippen molar-refractivity contribution in [3.05, 3.63) is 11.8 Å². The number of hydrogen-bond donors (Lipinski definition) is 0. The van der Waals surface area contributed by atoms with Gasteiger partial charge in [-0.1, -0.05) is 0 Å². The van der Waals surface area contributed by atoms with Gasteiger partial charge in [-0.2, -0.15) is 5.26 Å². The molecule has 0 saturated heterocycles. The van der Waals surface area contributed by atoms with Crippen LogP contribution in [-0.4, -0.2) is 27.6 Å². The van der Waals surface area contributed by atoms with E-state index in [4.69, 9.17) is 14.7 Å². The monoisotopic (exact) mass is 157 g/mol. The summed E-state index contributed by atoms with van der Waals surface area (Å²) in [6, 6.07) is 1.89. The fraction of sp³-hybridized carbons (Fsp3) is 0.571. The average molecular weight is 157 g/mol. The molecule has 0 unspecified atom stereocenters. The molecule has 0 aromatic rings. The van der Waals surface area contributed by atoms with E-state index in [2.05, 4.69) is 4.74 Å². The van der Waals surface area contributed by atoms with Crippen LogP contribution in [0.3, 0.4) is 0 Å². The second-order valence-electron chi connectivity index (χ2n) is 1.72. The van der Waals surface area contributed by atoms with Crippen LogP contribution in [0.1, 0.15) is 0 Å². The van der Waals surface area contributed by atoms with Crippen LogP contribution in [0.4, 0.5) is 0 Å². The quantitative estimate of drug-likeness (QED) is 0.341. The Kier molecular flexibility index (Phi) is 5.17. The number of hydrogen-bond acceptors (Lipinski definition) is 4. The van der Waals surface area contributed by atoms with E-state index in [0.717, 1.165) is 0 Å². The van der Waals surface area contributed by atoms with E-state index in [1.807, 2.05) is 6.07 Å². The highest BCUT2D eigenvalue weighted by Gasteiger charge is 2.11. The molecule has 0 heterocycles. The first-order valence-electron chi connectivity index (χ1n) is 2.98. The number of rotatable bonds is 4. The first-order chi connectivity index (χ1) is 5.29. The van der Waals surface area contributed by atoms with E-state index in [0.29, 0.717) is 5.57 Å². The molecule has 0 radical (unpaired) electrons. The summed E-state index contributed by atoms with van der Waals surface area (Å²) >= 11 is 0. The van der Waals surface area contributed by atoms with Crippen molar-refractivity contribution >= 4 is 0 Å². The molecule has 0 spiro atoms. The molecule has 0 N–H and O–H groups in total. The standard InChI is InChI=1S/C7H11NO3/c1-9-5-6(4-8)7(10-2)11-3/h5,7H,1-3H3/b6-5+. The summed E-state index contributed by atoms with van der Waals surface area (Å²) in [5.74, 6) is 0. The first-order valence-corrected chi connectivity index (χ1v) is 2.98. The van der Waals surface area contributed by atoms with Crippen LogP contribution in [0.25, 0.3) is 0 Å². The summed E-state index contributed by atoms with van der Waals surface area (Å²) in [5.41, 5.74) is 0.303. The van der Waals surface area contributed by atoms with Gasteiger partial charge in [-0.25, -0.2) is 0 Å². The van der Waals surface area contributed by atoms with Crippen molar-refractivity contribution in [2.45, 2.75) is 6.29 Å². The normalized spacial score (nSPS) is 11.4. The van der Waals surface area contributed by atoms with Gasteiger partial charge >= 0.3 is 0 Å². The average Bonchev–Trinajstić information content (AvgIpc) is 2.05. The highest BCUT2D eigenvalue weighted by atomic mass is 16.7. The van der Waals surface area contributed by atoms with Crippen molar-refractivity contribution in [3.8, 4) is 6.07 Å². The Morgan fingerprint density at radius 1 is 1.36 bits per heavy atom. The third-order valence-corrected chi connectivity index (χ3v) is 1.06. The fourth-order valence-corrected chi connectivity index (χ4v) is 0.612. The number of nitriles is 1. The Bertz CT molecular complexity index is 167. The molecule has 0 amide bonds. The van der Waals surface area contributed by atoms with Gasteiger partial charge < -0.3 is 14.2 Å². The van der Waals surface area contributed by atoms with Gasteiger partial charge in [0.15, 0.2) is 6.29 Å². The lowest BCUT2D eigenvalue weighted by atomic mass is 10.3. The van der Waals surface area contributed by atoms with E-state index in [-0.39, 0.29) is 0 Å². The van der Waals surface area contributed by atoms with Gasteiger partial charge in [-0.3, -0.25) is 0 Å². The summed E-state index contributed by atoms with van der Waals surface area (Å²) < 4.78 is 14.3.